The third-order valence-electron chi connectivity index (χ3n) is 4.56. The van der Waals surface area contributed by atoms with E-state index in [2.05, 4.69) is 34.5 Å². The highest BCUT2D eigenvalue weighted by molar-refractivity contribution is 5.90. The Morgan fingerprint density at radius 2 is 1.96 bits per heavy atom. The molecule has 5 heteroatoms. The molecular weight excluding hydrogens is 340 g/mol. The summed E-state index contributed by atoms with van der Waals surface area (Å²) in [5, 5.41) is 3.42. The topological polar surface area (TPSA) is 50.8 Å². The first-order valence-electron chi connectivity index (χ1n) is 9.26. The number of hydrogen-bond acceptors (Lipinski definition) is 5. The SMILES string of the molecule is CCOC(=O)C1=C(Nc2cccc(OC)c2)CN(Cc2ccccc2)CC1. The van der Waals surface area contributed by atoms with Gasteiger partial charge in [0, 0.05) is 37.1 Å². The van der Waals surface area contributed by atoms with Gasteiger partial charge in [-0.25, -0.2) is 4.79 Å². The van der Waals surface area contributed by atoms with E-state index in [1.54, 1.807) is 7.11 Å². The molecule has 3 rings (SSSR count). The smallest absolute Gasteiger partial charge is 0.335 e. The minimum atomic E-state index is -0.234. The molecule has 2 aromatic rings. The van der Waals surface area contributed by atoms with Gasteiger partial charge in [-0.3, -0.25) is 4.90 Å². The van der Waals surface area contributed by atoms with E-state index in [0.29, 0.717) is 19.6 Å². The van der Waals surface area contributed by atoms with E-state index in [-0.39, 0.29) is 5.97 Å². The first kappa shape index (κ1) is 19.0. The Morgan fingerprint density at radius 1 is 1.15 bits per heavy atom. The maximum absolute atomic E-state index is 12.4. The summed E-state index contributed by atoms with van der Waals surface area (Å²) in [6, 6.07) is 18.1. The second-order valence-corrected chi connectivity index (χ2v) is 6.48. The van der Waals surface area contributed by atoms with Crippen LogP contribution in [0.3, 0.4) is 0 Å². The van der Waals surface area contributed by atoms with E-state index < -0.39 is 0 Å². The Bertz CT molecular complexity index is 802. The van der Waals surface area contributed by atoms with Crippen LogP contribution in [0.5, 0.6) is 5.75 Å². The molecule has 1 heterocycles. The molecule has 2 aromatic carbocycles. The minimum absolute atomic E-state index is 0.234. The van der Waals surface area contributed by atoms with Gasteiger partial charge in [0.15, 0.2) is 0 Å². The molecule has 0 bridgehead atoms. The van der Waals surface area contributed by atoms with Gasteiger partial charge in [-0.2, -0.15) is 0 Å². The van der Waals surface area contributed by atoms with Gasteiger partial charge in [-0.1, -0.05) is 36.4 Å². The third kappa shape index (κ3) is 5.11. The molecule has 1 N–H and O–H groups in total. The van der Waals surface area contributed by atoms with E-state index in [0.717, 1.165) is 35.8 Å². The van der Waals surface area contributed by atoms with Crippen molar-refractivity contribution in [1.29, 1.82) is 0 Å². The molecule has 0 saturated carbocycles. The summed E-state index contributed by atoms with van der Waals surface area (Å²) >= 11 is 0. The van der Waals surface area contributed by atoms with Crippen LogP contribution in [-0.2, 0) is 16.1 Å². The predicted molar refractivity (Wildman–Crippen MR) is 107 cm³/mol. The minimum Gasteiger partial charge on any atom is -0.497 e. The second kappa shape index (κ2) is 9.24. The van der Waals surface area contributed by atoms with Crippen molar-refractivity contribution in [3.05, 3.63) is 71.4 Å². The zero-order valence-corrected chi connectivity index (χ0v) is 15.9. The van der Waals surface area contributed by atoms with E-state index >= 15 is 0 Å². The average molecular weight is 366 g/mol. The number of rotatable bonds is 7. The molecule has 142 valence electrons. The number of anilines is 1. The average Bonchev–Trinajstić information content (AvgIpc) is 2.69. The molecular formula is C22H26N2O3. The summed E-state index contributed by atoms with van der Waals surface area (Å²) in [7, 11) is 1.64. The second-order valence-electron chi connectivity index (χ2n) is 6.48. The molecule has 1 aliphatic heterocycles. The third-order valence-corrected chi connectivity index (χ3v) is 4.56. The fourth-order valence-corrected chi connectivity index (χ4v) is 3.23. The van der Waals surface area contributed by atoms with Crippen LogP contribution in [0.15, 0.2) is 65.9 Å². The predicted octanol–water partition coefficient (Wildman–Crippen LogP) is 3.83. The van der Waals surface area contributed by atoms with Crippen molar-refractivity contribution in [2.24, 2.45) is 0 Å². The van der Waals surface area contributed by atoms with Gasteiger partial charge in [-0.15, -0.1) is 0 Å². The van der Waals surface area contributed by atoms with E-state index in [1.807, 2.05) is 37.3 Å². The maximum atomic E-state index is 12.4. The van der Waals surface area contributed by atoms with Crippen LogP contribution in [0.25, 0.3) is 0 Å². The molecule has 0 atom stereocenters. The lowest BCUT2D eigenvalue weighted by Crippen LogP contribution is -2.35. The number of methoxy groups -OCH3 is 1. The van der Waals surface area contributed by atoms with Crippen molar-refractivity contribution in [3.8, 4) is 5.75 Å². The number of benzene rings is 2. The molecule has 0 saturated heterocycles. The number of ether oxygens (including phenoxy) is 2. The zero-order valence-electron chi connectivity index (χ0n) is 15.9. The zero-order chi connectivity index (χ0) is 19.1. The summed E-state index contributed by atoms with van der Waals surface area (Å²) in [4.78, 5) is 14.8. The highest BCUT2D eigenvalue weighted by Gasteiger charge is 2.24. The van der Waals surface area contributed by atoms with Crippen LogP contribution >= 0.6 is 0 Å². The quantitative estimate of drug-likeness (QED) is 0.755. The number of hydrogen-bond donors (Lipinski definition) is 1. The van der Waals surface area contributed by atoms with Crippen LogP contribution in [0.4, 0.5) is 5.69 Å². The lowest BCUT2D eigenvalue weighted by molar-refractivity contribution is -0.138. The highest BCUT2D eigenvalue weighted by atomic mass is 16.5. The highest BCUT2D eigenvalue weighted by Crippen LogP contribution is 2.25. The number of esters is 1. The Hall–Kier alpha value is -2.79. The lowest BCUT2D eigenvalue weighted by Gasteiger charge is -2.30. The lowest BCUT2D eigenvalue weighted by atomic mass is 10.0. The summed E-state index contributed by atoms with van der Waals surface area (Å²) in [5.74, 6) is 0.539. The monoisotopic (exact) mass is 366 g/mol. The van der Waals surface area contributed by atoms with E-state index in [9.17, 15) is 4.79 Å². The van der Waals surface area contributed by atoms with Crippen molar-refractivity contribution < 1.29 is 14.3 Å². The Kier molecular flexibility index (Phi) is 6.49. The normalized spacial score (nSPS) is 14.7. The van der Waals surface area contributed by atoms with Crippen molar-refractivity contribution in [2.45, 2.75) is 19.9 Å². The van der Waals surface area contributed by atoms with Crippen molar-refractivity contribution in [3.63, 3.8) is 0 Å². The molecule has 27 heavy (non-hydrogen) atoms. The Labute approximate surface area is 160 Å². The maximum Gasteiger partial charge on any atom is 0.335 e. The standard InChI is InChI=1S/C22H26N2O3/c1-3-27-22(25)20-12-13-24(15-17-8-5-4-6-9-17)16-21(20)23-18-10-7-11-19(14-18)26-2/h4-11,14,23H,3,12-13,15-16H2,1-2H3. The number of carbonyl (C=O) groups is 1. The van der Waals surface area contributed by atoms with E-state index in [4.69, 9.17) is 9.47 Å². The van der Waals surface area contributed by atoms with Crippen LogP contribution in [0, 0.1) is 0 Å². The van der Waals surface area contributed by atoms with Crippen LogP contribution in [0.2, 0.25) is 0 Å². The molecule has 0 fully saturated rings. The molecule has 0 aromatic heterocycles. The molecule has 0 aliphatic carbocycles. The van der Waals surface area contributed by atoms with Gasteiger partial charge in [0.05, 0.1) is 19.3 Å². The van der Waals surface area contributed by atoms with Crippen LogP contribution in [-0.4, -0.2) is 37.7 Å². The van der Waals surface area contributed by atoms with E-state index in [1.165, 1.54) is 5.56 Å². The van der Waals surface area contributed by atoms with Gasteiger partial charge >= 0.3 is 5.97 Å². The largest absolute Gasteiger partial charge is 0.497 e. The summed E-state index contributed by atoms with van der Waals surface area (Å²) in [6.45, 7) is 4.55. The molecule has 5 nitrogen and oxygen atoms in total. The van der Waals surface area contributed by atoms with Crippen molar-refractivity contribution >= 4 is 11.7 Å². The molecule has 0 unspecified atom stereocenters. The number of nitrogens with one attached hydrogen (secondary N) is 1. The molecule has 0 amide bonds. The summed E-state index contributed by atoms with van der Waals surface area (Å²) in [5.41, 5.74) is 3.78. The number of carbonyl (C=O) groups excluding carboxylic acids is 1. The Balaban J connectivity index is 1.81. The van der Waals surface area contributed by atoms with Gasteiger partial charge < -0.3 is 14.8 Å². The molecule has 0 spiro atoms. The number of nitrogens with zero attached hydrogens (tertiary/aromatic N) is 1. The summed E-state index contributed by atoms with van der Waals surface area (Å²) in [6.07, 6.45) is 0.665. The fourth-order valence-electron chi connectivity index (χ4n) is 3.23. The van der Waals surface area contributed by atoms with Gasteiger partial charge in [0.2, 0.25) is 0 Å². The first-order valence-corrected chi connectivity index (χ1v) is 9.26. The fraction of sp³-hybridized carbons (Fsp3) is 0.318. The van der Waals surface area contributed by atoms with Crippen molar-refractivity contribution in [2.75, 3.05) is 32.1 Å². The summed E-state index contributed by atoms with van der Waals surface area (Å²) < 4.78 is 10.6. The molecule has 1 aliphatic rings. The van der Waals surface area contributed by atoms with Crippen molar-refractivity contribution in [1.82, 2.24) is 4.90 Å². The molecule has 0 radical (unpaired) electrons. The van der Waals surface area contributed by atoms with Gasteiger partial charge in [0.25, 0.3) is 0 Å². The van der Waals surface area contributed by atoms with Gasteiger partial charge in [-0.05, 0) is 31.0 Å². The Morgan fingerprint density at radius 3 is 2.70 bits per heavy atom. The van der Waals surface area contributed by atoms with Gasteiger partial charge in [0.1, 0.15) is 5.75 Å². The van der Waals surface area contributed by atoms with Crippen LogP contribution < -0.4 is 10.1 Å². The first-order chi connectivity index (χ1) is 13.2. The van der Waals surface area contributed by atoms with Crippen LogP contribution in [0.1, 0.15) is 18.9 Å².